The summed E-state index contributed by atoms with van der Waals surface area (Å²) in [6.07, 6.45) is -3.84. The van der Waals surface area contributed by atoms with Crippen LogP contribution >= 0.6 is 0 Å². The third-order valence-electron chi connectivity index (χ3n) is 3.99. The van der Waals surface area contributed by atoms with Crippen molar-refractivity contribution in [3.8, 4) is 0 Å². The molecule has 0 bridgehead atoms. The van der Waals surface area contributed by atoms with Crippen LogP contribution in [-0.2, 0) is 0 Å². The van der Waals surface area contributed by atoms with Gasteiger partial charge in [-0.3, -0.25) is 4.90 Å². The topological polar surface area (TPSA) is 15.3 Å². The Kier molecular flexibility index (Phi) is 5.06. The normalized spacial score (nSPS) is 31.0. The fourth-order valence-corrected chi connectivity index (χ4v) is 2.51. The van der Waals surface area contributed by atoms with Crippen molar-refractivity contribution in [1.82, 2.24) is 10.2 Å². The minimum Gasteiger partial charge on any atom is -0.309 e. The van der Waals surface area contributed by atoms with Gasteiger partial charge in [0, 0.05) is 31.2 Å². The summed E-state index contributed by atoms with van der Waals surface area (Å²) in [5.74, 6) is 0.368. The molecule has 1 heterocycles. The zero-order valence-electron chi connectivity index (χ0n) is 11.8. The summed E-state index contributed by atoms with van der Waals surface area (Å²) in [5, 5.41) is 3.48. The summed E-state index contributed by atoms with van der Waals surface area (Å²) in [7, 11) is 0. The third-order valence-corrected chi connectivity index (χ3v) is 3.99. The van der Waals surface area contributed by atoms with Crippen molar-refractivity contribution in [3.63, 3.8) is 0 Å². The van der Waals surface area contributed by atoms with Crippen molar-refractivity contribution in [2.75, 3.05) is 19.6 Å². The molecule has 1 aliphatic rings. The predicted molar refractivity (Wildman–Crippen MR) is 67.6 cm³/mol. The van der Waals surface area contributed by atoms with E-state index in [0.717, 1.165) is 13.0 Å². The number of halogens is 3. The first-order valence-electron chi connectivity index (χ1n) is 6.73. The van der Waals surface area contributed by atoms with Gasteiger partial charge in [0.05, 0.1) is 6.42 Å². The summed E-state index contributed by atoms with van der Waals surface area (Å²) < 4.78 is 37.1. The molecular formula is C13H25F3N2. The lowest BCUT2D eigenvalue weighted by molar-refractivity contribution is -0.141. The van der Waals surface area contributed by atoms with Crippen molar-refractivity contribution in [2.24, 2.45) is 5.92 Å². The maximum Gasteiger partial charge on any atom is 0.390 e. The SMILES string of the molecule is CCC1(C)CN(CCC(F)(F)F)C(C(C)C)CN1. The number of rotatable bonds is 4. The molecule has 0 saturated carbocycles. The van der Waals surface area contributed by atoms with Gasteiger partial charge in [0.25, 0.3) is 0 Å². The monoisotopic (exact) mass is 266 g/mol. The molecule has 1 fully saturated rings. The van der Waals surface area contributed by atoms with Gasteiger partial charge in [0.2, 0.25) is 0 Å². The lowest BCUT2D eigenvalue weighted by atomic mass is 9.90. The number of alkyl halides is 3. The van der Waals surface area contributed by atoms with E-state index in [4.69, 9.17) is 0 Å². The van der Waals surface area contributed by atoms with Gasteiger partial charge >= 0.3 is 6.18 Å². The molecule has 0 amide bonds. The number of hydrogen-bond donors (Lipinski definition) is 1. The Hall–Kier alpha value is -0.290. The van der Waals surface area contributed by atoms with Crippen LogP contribution in [0, 0.1) is 5.92 Å². The highest BCUT2D eigenvalue weighted by molar-refractivity contribution is 4.95. The summed E-state index contributed by atoms with van der Waals surface area (Å²) in [6.45, 7) is 9.89. The molecule has 108 valence electrons. The Labute approximate surface area is 108 Å². The van der Waals surface area contributed by atoms with E-state index in [-0.39, 0.29) is 18.1 Å². The number of hydrogen-bond acceptors (Lipinski definition) is 2. The molecule has 0 aromatic heterocycles. The molecule has 5 heteroatoms. The van der Waals surface area contributed by atoms with Crippen molar-refractivity contribution in [2.45, 2.75) is 58.3 Å². The van der Waals surface area contributed by atoms with E-state index in [9.17, 15) is 13.2 Å². The minimum atomic E-state index is -4.06. The highest BCUT2D eigenvalue weighted by atomic mass is 19.4. The molecule has 18 heavy (non-hydrogen) atoms. The van der Waals surface area contributed by atoms with E-state index >= 15 is 0 Å². The number of nitrogens with zero attached hydrogens (tertiary/aromatic N) is 1. The second kappa shape index (κ2) is 5.78. The van der Waals surface area contributed by atoms with Gasteiger partial charge in [-0.25, -0.2) is 0 Å². The average Bonchev–Trinajstić information content (AvgIpc) is 2.25. The smallest absolute Gasteiger partial charge is 0.309 e. The first-order chi connectivity index (χ1) is 8.17. The molecule has 0 aromatic rings. The fourth-order valence-electron chi connectivity index (χ4n) is 2.51. The minimum absolute atomic E-state index is 0.0585. The lowest BCUT2D eigenvalue weighted by Crippen LogP contribution is -2.64. The van der Waals surface area contributed by atoms with Gasteiger partial charge in [0.1, 0.15) is 0 Å². The Balaban J connectivity index is 2.66. The van der Waals surface area contributed by atoms with E-state index in [1.165, 1.54) is 0 Å². The summed E-state index contributed by atoms with van der Waals surface area (Å²) >= 11 is 0. The van der Waals surface area contributed by atoms with E-state index in [1.54, 1.807) is 0 Å². The molecule has 0 aliphatic carbocycles. The van der Waals surface area contributed by atoms with Crippen LogP contribution in [-0.4, -0.2) is 42.3 Å². The van der Waals surface area contributed by atoms with Crippen LogP contribution in [0.5, 0.6) is 0 Å². The van der Waals surface area contributed by atoms with Crippen molar-refractivity contribution in [1.29, 1.82) is 0 Å². The Bertz CT molecular complexity index is 265. The largest absolute Gasteiger partial charge is 0.390 e. The van der Waals surface area contributed by atoms with Crippen molar-refractivity contribution >= 4 is 0 Å². The van der Waals surface area contributed by atoms with Crippen LogP contribution in [0.2, 0.25) is 0 Å². The molecule has 2 unspecified atom stereocenters. The first kappa shape index (κ1) is 15.8. The Morgan fingerprint density at radius 2 is 2.00 bits per heavy atom. The predicted octanol–water partition coefficient (Wildman–Crippen LogP) is 3.04. The molecule has 1 rings (SSSR count). The van der Waals surface area contributed by atoms with Crippen LogP contribution in [0.3, 0.4) is 0 Å². The molecule has 0 spiro atoms. The summed E-state index contributed by atoms with van der Waals surface area (Å²) in [5.41, 5.74) is -0.0585. The molecule has 0 aromatic carbocycles. The lowest BCUT2D eigenvalue weighted by Gasteiger charge is -2.47. The van der Waals surface area contributed by atoms with E-state index in [0.29, 0.717) is 12.5 Å². The van der Waals surface area contributed by atoms with Gasteiger partial charge in [-0.05, 0) is 19.3 Å². The molecule has 1 aliphatic heterocycles. The molecular weight excluding hydrogens is 241 g/mol. The maximum absolute atomic E-state index is 12.4. The highest BCUT2D eigenvalue weighted by Gasteiger charge is 2.37. The molecule has 1 saturated heterocycles. The number of piperazine rings is 1. The zero-order chi connectivity index (χ0) is 14.0. The Morgan fingerprint density at radius 1 is 1.39 bits per heavy atom. The molecule has 2 atom stereocenters. The van der Waals surface area contributed by atoms with Gasteiger partial charge in [0.15, 0.2) is 0 Å². The third kappa shape index (κ3) is 4.43. The van der Waals surface area contributed by atoms with Crippen LogP contribution < -0.4 is 5.32 Å². The van der Waals surface area contributed by atoms with Gasteiger partial charge in [-0.1, -0.05) is 20.8 Å². The number of nitrogens with one attached hydrogen (secondary N) is 1. The standard InChI is InChI=1S/C13H25F3N2/c1-5-12(4)9-18(7-6-13(14,15)16)11(8-17-12)10(2)3/h10-11,17H,5-9H2,1-4H3. The summed E-state index contributed by atoms with van der Waals surface area (Å²) in [4.78, 5) is 2.01. The summed E-state index contributed by atoms with van der Waals surface area (Å²) in [6, 6.07) is 0.201. The van der Waals surface area contributed by atoms with Crippen LogP contribution in [0.25, 0.3) is 0 Å². The van der Waals surface area contributed by atoms with Crippen LogP contribution in [0.1, 0.15) is 40.5 Å². The first-order valence-corrected chi connectivity index (χ1v) is 6.73. The van der Waals surface area contributed by atoms with E-state index < -0.39 is 12.6 Å². The van der Waals surface area contributed by atoms with Gasteiger partial charge in [-0.2, -0.15) is 13.2 Å². The van der Waals surface area contributed by atoms with Crippen LogP contribution in [0.15, 0.2) is 0 Å². The van der Waals surface area contributed by atoms with E-state index in [1.807, 2.05) is 4.90 Å². The molecule has 0 radical (unpaired) electrons. The molecule has 2 nitrogen and oxygen atoms in total. The second-order valence-electron chi connectivity index (χ2n) is 5.94. The average molecular weight is 266 g/mol. The Morgan fingerprint density at radius 3 is 2.44 bits per heavy atom. The van der Waals surface area contributed by atoms with Crippen LogP contribution in [0.4, 0.5) is 13.2 Å². The van der Waals surface area contributed by atoms with E-state index in [2.05, 4.69) is 33.0 Å². The van der Waals surface area contributed by atoms with Gasteiger partial charge in [-0.15, -0.1) is 0 Å². The highest BCUT2D eigenvalue weighted by Crippen LogP contribution is 2.26. The van der Waals surface area contributed by atoms with Crippen molar-refractivity contribution < 1.29 is 13.2 Å². The quantitative estimate of drug-likeness (QED) is 0.841. The zero-order valence-corrected chi connectivity index (χ0v) is 11.8. The fraction of sp³-hybridized carbons (Fsp3) is 1.00. The van der Waals surface area contributed by atoms with Crippen molar-refractivity contribution in [3.05, 3.63) is 0 Å². The maximum atomic E-state index is 12.4. The second-order valence-corrected chi connectivity index (χ2v) is 5.94. The molecule has 1 N–H and O–H groups in total. The van der Waals surface area contributed by atoms with Gasteiger partial charge < -0.3 is 5.32 Å².